The van der Waals surface area contributed by atoms with Crippen molar-refractivity contribution in [2.75, 3.05) is 10.6 Å². The number of hydrogen-bond acceptors (Lipinski definition) is 5. The first-order valence-electron chi connectivity index (χ1n) is 10.8. The minimum absolute atomic E-state index is 0.0214. The summed E-state index contributed by atoms with van der Waals surface area (Å²) in [5.41, 5.74) is 5.79. The normalized spacial score (nSPS) is 14.6. The van der Waals surface area contributed by atoms with Gasteiger partial charge < -0.3 is 5.73 Å². The van der Waals surface area contributed by atoms with Crippen LogP contribution >= 0.6 is 92.8 Å². The summed E-state index contributed by atoms with van der Waals surface area (Å²) in [6, 6.07) is 4.56. The number of amides is 2. The van der Waals surface area contributed by atoms with Crippen LogP contribution in [-0.4, -0.2) is 23.4 Å². The molecule has 40 heavy (non-hydrogen) atoms. The van der Waals surface area contributed by atoms with Crippen molar-refractivity contribution in [2.45, 2.75) is 0 Å². The molecular weight excluding hydrogens is 688 g/mol. The molecule has 3 aromatic carbocycles. The lowest BCUT2D eigenvalue weighted by molar-refractivity contribution is 0.0922. The van der Waals surface area contributed by atoms with Gasteiger partial charge in [-0.25, -0.2) is 4.90 Å². The van der Waals surface area contributed by atoms with E-state index in [9.17, 15) is 19.2 Å². The SMILES string of the molecule is Nc1c(/C=C\C=C2C(=O)c3c(Cl)c(Cl)c(Cl)c(Cl)c3C2=O)cccc1N1C(=O)c2c(Cl)c(Cl)c(Cl)c(Cl)c2C1=O. The number of benzene rings is 3. The first-order valence-corrected chi connectivity index (χ1v) is 13.8. The van der Waals surface area contributed by atoms with Crippen LogP contribution in [0.1, 0.15) is 47.0 Å². The van der Waals surface area contributed by atoms with Crippen molar-refractivity contribution in [3.8, 4) is 0 Å². The van der Waals surface area contributed by atoms with Gasteiger partial charge >= 0.3 is 0 Å². The molecule has 0 saturated heterocycles. The smallest absolute Gasteiger partial charge is 0.267 e. The highest BCUT2D eigenvalue weighted by Gasteiger charge is 2.43. The number of para-hydroxylation sites is 1. The second-order valence-electron chi connectivity index (χ2n) is 8.34. The van der Waals surface area contributed by atoms with Crippen LogP contribution in [0.4, 0.5) is 11.4 Å². The molecule has 0 atom stereocenters. The number of fused-ring (bicyclic) bond motifs is 2. The van der Waals surface area contributed by atoms with E-state index in [1.165, 1.54) is 30.4 Å². The maximum Gasteiger partial charge on any atom is 0.267 e. The Hall–Kier alpha value is -2.26. The second kappa shape index (κ2) is 10.5. The molecule has 0 fully saturated rings. The molecule has 5 rings (SSSR count). The molecule has 0 saturated carbocycles. The molecular formula is C26H8Cl8N2O4. The number of allylic oxidation sites excluding steroid dienone is 3. The van der Waals surface area contributed by atoms with Crippen LogP contribution in [0.3, 0.4) is 0 Å². The van der Waals surface area contributed by atoms with Crippen molar-refractivity contribution in [1.29, 1.82) is 0 Å². The van der Waals surface area contributed by atoms with Crippen LogP contribution in [-0.2, 0) is 0 Å². The van der Waals surface area contributed by atoms with E-state index in [4.69, 9.17) is 98.5 Å². The summed E-state index contributed by atoms with van der Waals surface area (Å²) in [7, 11) is 0. The summed E-state index contributed by atoms with van der Waals surface area (Å²) in [4.78, 5) is 53.2. The van der Waals surface area contributed by atoms with Crippen LogP contribution in [0.15, 0.2) is 35.9 Å². The molecule has 1 aliphatic carbocycles. The number of halogens is 8. The number of Topliss-reactive ketones (excluding diaryl/α,β-unsaturated/α-hetero) is 2. The van der Waals surface area contributed by atoms with E-state index in [0.29, 0.717) is 5.56 Å². The van der Waals surface area contributed by atoms with Crippen molar-refractivity contribution >= 4 is 134 Å². The largest absolute Gasteiger partial charge is 0.397 e. The fourth-order valence-corrected chi connectivity index (χ4v) is 6.35. The zero-order valence-corrected chi connectivity index (χ0v) is 25.2. The predicted molar refractivity (Wildman–Crippen MR) is 161 cm³/mol. The standard InChI is InChI=1S/C26H8Cl8N2O4/c27-14-10-11(15(28)19(32)18(14)31)24(38)8(23(10)37)5-1-3-7-4-2-6-9(22(7)35)36-25(39)12-13(26(36)40)17(30)21(34)20(33)16(12)29/h1-6H,35H2/b3-1-. The highest BCUT2D eigenvalue weighted by atomic mass is 35.5. The number of carbonyl (C=O) groups is 4. The first kappa shape index (κ1) is 29.2. The van der Waals surface area contributed by atoms with E-state index in [1.54, 1.807) is 6.07 Å². The zero-order valence-electron chi connectivity index (χ0n) is 19.1. The van der Waals surface area contributed by atoms with Crippen molar-refractivity contribution < 1.29 is 19.2 Å². The number of ketones is 2. The molecule has 1 aliphatic heterocycles. The molecule has 6 nitrogen and oxygen atoms in total. The Morgan fingerprint density at radius 2 is 1.02 bits per heavy atom. The van der Waals surface area contributed by atoms with E-state index < -0.39 is 23.4 Å². The Bertz CT molecular complexity index is 1730. The summed E-state index contributed by atoms with van der Waals surface area (Å²) < 4.78 is 0. The van der Waals surface area contributed by atoms with Crippen LogP contribution < -0.4 is 10.6 Å². The predicted octanol–water partition coefficient (Wildman–Crippen LogP) is 9.32. The van der Waals surface area contributed by atoms with Gasteiger partial charge in [-0.05, 0) is 17.7 Å². The minimum atomic E-state index is -0.800. The van der Waals surface area contributed by atoms with Crippen molar-refractivity contribution in [2.24, 2.45) is 0 Å². The molecule has 202 valence electrons. The van der Waals surface area contributed by atoms with Gasteiger partial charge in [0.15, 0.2) is 11.6 Å². The fraction of sp³-hybridized carbons (Fsp3) is 0. The zero-order chi connectivity index (χ0) is 29.4. The Labute approximate surface area is 265 Å². The van der Waals surface area contributed by atoms with E-state index in [-0.39, 0.29) is 79.4 Å². The summed E-state index contributed by atoms with van der Waals surface area (Å²) >= 11 is 49.0. The minimum Gasteiger partial charge on any atom is -0.397 e. The molecule has 0 bridgehead atoms. The molecule has 0 radical (unpaired) electrons. The molecule has 0 spiro atoms. The van der Waals surface area contributed by atoms with Gasteiger partial charge in [0.1, 0.15) is 0 Å². The van der Waals surface area contributed by atoms with Crippen LogP contribution in [0, 0.1) is 0 Å². The van der Waals surface area contributed by atoms with E-state index in [2.05, 4.69) is 0 Å². The lowest BCUT2D eigenvalue weighted by Crippen LogP contribution is -2.30. The maximum absolute atomic E-state index is 13.2. The molecule has 0 aromatic heterocycles. The monoisotopic (exact) mass is 692 g/mol. The van der Waals surface area contributed by atoms with Crippen molar-refractivity contribution in [3.05, 3.63) is 104 Å². The second-order valence-corrected chi connectivity index (χ2v) is 11.4. The molecule has 2 aliphatic rings. The van der Waals surface area contributed by atoms with E-state index in [1.807, 2.05) is 0 Å². The van der Waals surface area contributed by atoms with E-state index >= 15 is 0 Å². The highest BCUT2D eigenvalue weighted by molar-refractivity contribution is 6.58. The summed E-state index contributed by atoms with van der Waals surface area (Å²) in [6.45, 7) is 0. The van der Waals surface area contributed by atoms with Gasteiger partial charge in [-0.3, -0.25) is 19.2 Å². The summed E-state index contributed by atoms with van der Waals surface area (Å²) in [6.07, 6.45) is 4.09. The van der Waals surface area contributed by atoms with Gasteiger partial charge in [-0.15, -0.1) is 0 Å². The summed E-state index contributed by atoms with van der Waals surface area (Å²) in [5, 5.41) is -1.43. The Balaban J connectivity index is 1.51. The number of imide groups is 1. The van der Waals surface area contributed by atoms with Gasteiger partial charge in [0.25, 0.3) is 11.8 Å². The molecule has 3 aromatic rings. The number of anilines is 2. The van der Waals surface area contributed by atoms with E-state index in [0.717, 1.165) is 4.90 Å². The Morgan fingerprint density at radius 3 is 1.48 bits per heavy atom. The average molecular weight is 696 g/mol. The quantitative estimate of drug-likeness (QED) is 0.0736. The molecule has 2 N–H and O–H groups in total. The third kappa shape index (κ3) is 4.17. The number of hydrogen-bond donors (Lipinski definition) is 1. The van der Waals surface area contributed by atoms with Gasteiger partial charge in [-0.2, -0.15) is 0 Å². The third-order valence-corrected chi connectivity index (χ3v) is 9.81. The number of nitrogens with zero attached hydrogens (tertiary/aromatic N) is 1. The number of carbonyl (C=O) groups excluding carboxylic acids is 4. The molecule has 0 unspecified atom stereocenters. The number of rotatable bonds is 3. The molecule has 1 heterocycles. The maximum atomic E-state index is 13.2. The average Bonchev–Trinajstić information content (AvgIpc) is 3.33. The lowest BCUT2D eigenvalue weighted by atomic mass is 10.1. The molecule has 14 heteroatoms. The lowest BCUT2D eigenvalue weighted by Gasteiger charge is -2.17. The van der Waals surface area contributed by atoms with Crippen LogP contribution in [0.2, 0.25) is 40.2 Å². The molecule has 2 amide bonds. The Kier molecular flexibility index (Phi) is 7.70. The summed E-state index contributed by atoms with van der Waals surface area (Å²) in [5.74, 6) is -2.97. The van der Waals surface area contributed by atoms with Crippen molar-refractivity contribution in [1.82, 2.24) is 0 Å². The topological polar surface area (TPSA) is 97.5 Å². The number of nitrogens with two attached hydrogens (primary N) is 1. The Morgan fingerprint density at radius 1 is 0.600 bits per heavy atom. The van der Waals surface area contributed by atoms with Gasteiger partial charge in [0, 0.05) is 0 Å². The third-order valence-electron chi connectivity index (χ3n) is 6.21. The van der Waals surface area contributed by atoms with Crippen LogP contribution in [0.25, 0.3) is 6.08 Å². The van der Waals surface area contributed by atoms with Gasteiger partial charge in [0.05, 0.1) is 79.4 Å². The number of nitrogen functional groups attached to an aromatic ring is 1. The fourth-order valence-electron chi connectivity index (χ4n) is 4.31. The van der Waals surface area contributed by atoms with Gasteiger partial charge in [0.2, 0.25) is 0 Å². The van der Waals surface area contributed by atoms with Gasteiger partial charge in [-0.1, -0.05) is 117 Å². The van der Waals surface area contributed by atoms with Crippen LogP contribution in [0.5, 0.6) is 0 Å². The highest BCUT2D eigenvalue weighted by Crippen LogP contribution is 2.47. The van der Waals surface area contributed by atoms with Crippen molar-refractivity contribution in [3.63, 3.8) is 0 Å². The first-order chi connectivity index (χ1) is 18.8.